The molecular weight excluding hydrogens is 468 g/mol. The van der Waals surface area contributed by atoms with E-state index in [1.54, 1.807) is 0 Å². The maximum atomic E-state index is 13.6. The molecule has 2 aliphatic carbocycles. The molecule has 0 unspecified atom stereocenters. The van der Waals surface area contributed by atoms with Crippen LogP contribution < -0.4 is 5.32 Å². The third kappa shape index (κ3) is 3.51. The summed E-state index contributed by atoms with van der Waals surface area (Å²) in [4.78, 5) is 41.7. The van der Waals surface area contributed by atoms with E-state index in [9.17, 15) is 14.4 Å². The lowest BCUT2D eigenvalue weighted by Crippen LogP contribution is -2.49. The van der Waals surface area contributed by atoms with Gasteiger partial charge in [-0.25, -0.2) is 0 Å². The maximum Gasteiger partial charge on any atom is 0.248 e. The van der Waals surface area contributed by atoms with Crippen molar-refractivity contribution in [3.8, 4) is 0 Å². The Morgan fingerprint density at radius 3 is 2.34 bits per heavy atom. The molecule has 1 saturated carbocycles. The Kier molecular flexibility index (Phi) is 5.49. The van der Waals surface area contributed by atoms with Gasteiger partial charge in [-0.2, -0.15) is 0 Å². The lowest BCUT2D eigenvalue weighted by atomic mass is 9.85. The molecule has 2 aromatic rings. The molecule has 3 amide bonds. The van der Waals surface area contributed by atoms with Crippen LogP contribution in [0.4, 0.5) is 5.69 Å². The SMILES string of the molecule is CCc1cc(Br)ccc1NC(=O)[C@@H](Cc1ccccc1)N1C(=O)[C@@H]2[C@H](C1=O)[C@@H]1C=C[C@H]2C1. The van der Waals surface area contributed by atoms with Gasteiger partial charge in [-0.1, -0.05) is 65.3 Å². The van der Waals surface area contributed by atoms with Gasteiger partial charge in [0.15, 0.2) is 0 Å². The second-order valence-corrected chi connectivity index (χ2v) is 9.81. The molecule has 0 spiro atoms. The monoisotopic (exact) mass is 492 g/mol. The fourth-order valence-corrected chi connectivity index (χ4v) is 5.97. The van der Waals surface area contributed by atoms with E-state index in [2.05, 4.69) is 33.4 Å². The van der Waals surface area contributed by atoms with E-state index in [-0.39, 0.29) is 41.4 Å². The Balaban J connectivity index is 1.47. The number of rotatable bonds is 6. The van der Waals surface area contributed by atoms with Crippen LogP contribution in [0.15, 0.2) is 65.2 Å². The second-order valence-electron chi connectivity index (χ2n) is 8.90. The van der Waals surface area contributed by atoms with Crippen LogP contribution in [0.3, 0.4) is 0 Å². The van der Waals surface area contributed by atoms with Gasteiger partial charge in [0, 0.05) is 16.6 Å². The van der Waals surface area contributed by atoms with Crippen LogP contribution in [-0.4, -0.2) is 28.7 Å². The highest BCUT2D eigenvalue weighted by Gasteiger charge is 2.61. The van der Waals surface area contributed by atoms with Crippen molar-refractivity contribution in [3.05, 3.63) is 76.3 Å². The van der Waals surface area contributed by atoms with Crippen molar-refractivity contribution in [1.29, 1.82) is 0 Å². The molecule has 1 aliphatic heterocycles. The quantitative estimate of drug-likeness (QED) is 0.480. The molecular formula is C26H25BrN2O3. The maximum absolute atomic E-state index is 13.6. The van der Waals surface area contributed by atoms with Gasteiger partial charge in [0.25, 0.3) is 0 Å². The minimum absolute atomic E-state index is 0.116. The summed E-state index contributed by atoms with van der Waals surface area (Å²) >= 11 is 3.47. The van der Waals surface area contributed by atoms with E-state index >= 15 is 0 Å². The van der Waals surface area contributed by atoms with E-state index in [0.717, 1.165) is 28.4 Å². The zero-order valence-electron chi connectivity index (χ0n) is 17.8. The van der Waals surface area contributed by atoms with Crippen LogP contribution in [0.1, 0.15) is 24.5 Å². The number of hydrogen-bond acceptors (Lipinski definition) is 3. The number of aryl methyl sites for hydroxylation is 1. The number of halogens is 1. The fourth-order valence-electron chi connectivity index (χ4n) is 5.56. The first-order valence-electron chi connectivity index (χ1n) is 11.2. The lowest BCUT2D eigenvalue weighted by molar-refractivity contribution is -0.147. The molecule has 5 rings (SSSR count). The zero-order valence-corrected chi connectivity index (χ0v) is 19.4. The Labute approximate surface area is 196 Å². The molecule has 3 aliphatic rings. The minimum Gasteiger partial charge on any atom is -0.324 e. The average Bonchev–Trinajstić information content (AvgIpc) is 3.48. The average molecular weight is 493 g/mol. The molecule has 1 N–H and O–H groups in total. The van der Waals surface area contributed by atoms with Gasteiger partial charge in [-0.3, -0.25) is 19.3 Å². The summed E-state index contributed by atoms with van der Waals surface area (Å²) in [6, 6.07) is 14.4. The van der Waals surface area contributed by atoms with Crippen molar-refractivity contribution in [1.82, 2.24) is 4.90 Å². The van der Waals surface area contributed by atoms with Crippen molar-refractivity contribution < 1.29 is 14.4 Å². The Bertz CT molecular complexity index is 1080. The van der Waals surface area contributed by atoms with Crippen LogP contribution in [0.25, 0.3) is 0 Å². The van der Waals surface area contributed by atoms with Crippen molar-refractivity contribution in [2.45, 2.75) is 32.2 Å². The van der Waals surface area contributed by atoms with Gasteiger partial charge in [-0.05, 0) is 54.0 Å². The van der Waals surface area contributed by atoms with Crippen LogP contribution >= 0.6 is 15.9 Å². The van der Waals surface area contributed by atoms with E-state index in [1.807, 2.05) is 55.5 Å². The molecule has 6 heteroatoms. The number of amides is 3. The second kappa shape index (κ2) is 8.32. The Hall–Kier alpha value is -2.73. The highest BCUT2D eigenvalue weighted by molar-refractivity contribution is 9.10. The first-order chi connectivity index (χ1) is 15.5. The van der Waals surface area contributed by atoms with Gasteiger partial charge in [0.05, 0.1) is 11.8 Å². The Morgan fingerprint density at radius 2 is 1.72 bits per heavy atom. The van der Waals surface area contributed by atoms with Gasteiger partial charge in [-0.15, -0.1) is 0 Å². The van der Waals surface area contributed by atoms with Crippen LogP contribution in [0.2, 0.25) is 0 Å². The zero-order chi connectivity index (χ0) is 22.4. The number of nitrogens with one attached hydrogen (secondary N) is 1. The molecule has 2 aromatic carbocycles. The van der Waals surface area contributed by atoms with E-state index in [4.69, 9.17) is 0 Å². The van der Waals surface area contributed by atoms with Crippen molar-refractivity contribution in [2.24, 2.45) is 23.7 Å². The molecule has 0 radical (unpaired) electrons. The number of imide groups is 1. The summed E-state index contributed by atoms with van der Waals surface area (Å²) in [5.74, 6) is -1.12. The molecule has 32 heavy (non-hydrogen) atoms. The number of benzene rings is 2. The number of anilines is 1. The third-order valence-electron chi connectivity index (χ3n) is 7.10. The highest BCUT2D eigenvalue weighted by Crippen LogP contribution is 2.53. The predicted molar refractivity (Wildman–Crippen MR) is 126 cm³/mol. The van der Waals surface area contributed by atoms with Crippen molar-refractivity contribution in [2.75, 3.05) is 5.32 Å². The van der Waals surface area contributed by atoms with E-state index in [0.29, 0.717) is 12.1 Å². The molecule has 5 nitrogen and oxygen atoms in total. The number of carbonyl (C=O) groups is 3. The number of fused-ring (bicyclic) bond motifs is 5. The molecule has 5 atom stereocenters. The van der Waals surface area contributed by atoms with E-state index in [1.165, 1.54) is 4.90 Å². The summed E-state index contributed by atoms with van der Waals surface area (Å²) in [6.07, 6.45) is 6.06. The van der Waals surface area contributed by atoms with Crippen LogP contribution in [-0.2, 0) is 27.2 Å². The number of allylic oxidation sites excluding steroid dienone is 2. The number of hydrogen-bond donors (Lipinski definition) is 1. The first kappa shape index (κ1) is 21.1. The Morgan fingerprint density at radius 1 is 1.06 bits per heavy atom. The standard InChI is InChI=1S/C26H25BrN2O3/c1-2-16-14-19(27)10-11-20(16)28-24(30)21(12-15-6-4-3-5-7-15)29-25(31)22-17-8-9-18(13-17)23(22)26(29)32/h3-11,14,17-18,21-23H,2,12-13H2,1H3,(H,28,30)/t17-,18+,21-,22-,23+/m1/s1. The van der Waals surface area contributed by atoms with Crippen LogP contribution in [0, 0.1) is 23.7 Å². The van der Waals surface area contributed by atoms with Gasteiger partial charge in [0.2, 0.25) is 17.7 Å². The number of likely N-dealkylation sites (tertiary alicyclic amines) is 1. The molecule has 164 valence electrons. The first-order valence-corrected chi connectivity index (χ1v) is 12.0. The van der Waals surface area contributed by atoms with Gasteiger partial charge < -0.3 is 5.32 Å². The van der Waals surface area contributed by atoms with Gasteiger partial charge >= 0.3 is 0 Å². The molecule has 2 bridgehead atoms. The molecule has 1 saturated heterocycles. The lowest BCUT2D eigenvalue weighted by Gasteiger charge is -2.27. The summed E-state index contributed by atoms with van der Waals surface area (Å²) in [6.45, 7) is 2.02. The van der Waals surface area contributed by atoms with Gasteiger partial charge in [0.1, 0.15) is 6.04 Å². The summed E-state index contributed by atoms with van der Waals surface area (Å²) in [7, 11) is 0. The molecule has 0 aromatic heterocycles. The summed E-state index contributed by atoms with van der Waals surface area (Å²) in [5, 5.41) is 3.01. The molecule has 2 fully saturated rings. The minimum atomic E-state index is -0.879. The largest absolute Gasteiger partial charge is 0.324 e. The third-order valence-corrected chi connectivity index (χ3v) is 7.59. The number of carbonyl (C=O) groups excluding carboxylic acids is 3. The fraction of sp³-hybridized carbons (Fsp3) is 0.346. The molecule has 1 heterocycles. The van der Waals surface area contributed by atoms with E-state index < -0.39 is 6.04 Å². The topological polar surface area (TPSA) is 66.5 Å². The summed E-state index contributed by atoms with van der Waals surface area (Å²) in [5.41, 5.74) is 2.61. The normalized spacial score (nSPS) is 26.5. The predicted octanol–water partition coefficient (Wildman–Crippen LogP) is 4.37. The van der Waals surface area contributed by atoms with Crippen LogP contribution in [0.5, 0.6) is 0 Å². The van der Waals surface area contributed by atoms with Crippen molar-refractivity contribution in [3.63, 3.8) is 0 Å². The highest BCUT2D eigenvalue weighted by atomic mass is 79.9. The number of nitrogens with zero attached hydrogens (tertiary/aromatic N) is 1. The van der Waals surface area contributed by atoms with Crippen molar-refractivity contribution >= 4 is 39.3 Å². The smallest absolute Gasteiger partial charge is 0.248 e. The summed E-state index contributed by atoms with van der Waals surface area (Å²) < 4.78 is 0.939.